The zero-order valence-corrected chi connectivity index (χ0v) is 15.2. The van der Waals surface area contributed by atoms with E-state index >= 15 is 0 Å². The summed E-state index contributed by atoms with van der Waals surface area (Å²) in [6, 6.07) is 2.73. The Balaban J connectivity index is 1.83. The van der Waals surface area contributed by atoms with Gasteiger partial charge in [-0.25, -0.2) is 0 Å². The van der Waals surface area contributed by atoms with Crippen molar-refractivity contribution in [3.63, 3.8) is 0 Å². The maximum Gasteiger partial charge on any atom is 0.143 e. The lowest BCUT2D eigenvalue weighted by molar-refractivity contribution is 0.118. The normalized spacial score (nSPS) is 24.6. The number of nitrogens with one attached hydrogen (secondary N) is 1. The average molecular weight is 330 g/mol. The third kappa shape index (κ3) is 2.91. The Morgan fingerprint density at radius 1 is 1.33 bits per heavy atom. The van der Waals surface area contributed by atoms with Crippen LogP contribution >= 0.6 is 0 Å². The van der Waals surface area contributed by atoms with E-state index in [-0.39, 0.29) is 6.10 Å². The molecule has 2 atom stereocenters. The van der Waals surface area contributed by atoms with Crippen molar-refractivity contribution < 1.29 is 9.47 Å². The summed E-state index contributed by atoms with van der Waals surface area (Å²) >= 11 is 0. The van der Waals surface area contributed by atoms with Crippen LogP contribution in [0, 0.1) is 0 Å². The van der Waals surface area contributed by atoms with Gasteiger partial charge in [-0.05, 0) is 81.3 Å². The molecule has 2 aliphatic heterocycles. The van der Waals surface area contributed by atoms with Gasteiger partial charge in [-0.1, -0.05) is 0 Å². The minimum Gasteiger partial charge on any atom is -0.489 e. The SMILES string of the molecule is CO[C@@H](C)CN1c2c(cc3c(c2C2CC2)CCNCC3)OC[C@H]1C. The number of nitrogens with zero attached hydrogens (tertiary/aromatic N) is 1. The lowest BCUT2D eigenvalue weighted by atomic mass is 9.90. The second-order valence-electron chi connectivity index (χ2n) is 7.66. The van der Waals surface area contributed by atoms with Gasteiger partial charge >= 0.3 is 0 Å². The molecule has 4 nitrogen and oxygen atoms in total. The minimum atomic E-state index is 0.228. The first kappa shape index (κ1) is 16.2. The van der Waals surface area contributed by atoms with Crippen LogP contribution in [-0.2, 0) is 17.6 Å². The predicted octanol–water partition coefficient (Wildman–Crippen LogP) is 2.87. The van der Waals surface area contributed by atoms with Crippen molar-refractivity contribution in [3.05, 3.63) is 22.8 Å². The molecule has 2 heterocycles. The minimum absolute atomic E-state index is 0.228. The molecule has 1 N–H and O–H groups in total. The van der Waals surface area contributed by atoms with Crippen LogP contribution in [0.25, 0.3) is 0 Å². The molecule has 1 aromatic rings. The summed E-state index contributed by atoms with van der Waals surface area (Å²) in [6.07, 6.45) is 5.16. The molecule has 0 radical (unpaired) electrons. The second kappa shape index (κ2) is 6.57. The molecule has 3 aliphatic rings. The van der Waals surface area contributed by atoms with E-state index in [1.807, 2.05) is 0 Å². The van der Waals surface area contributed by atoms with E-state index in [0.717, 1.165) is 50.8 Å². The van der Waals surface area contributed by atoms with E-state index < -0.39 is 0 Å². The summed E-state index contributed by atoms with van der Waals surface area (Å²) < 4.78 is 11.8. The van der Waals surface area contributed by atoms with Crippen molar-refractivity contribution in [2.75, 3.05) is 38.3 Å². The fourth-order valence-corrected chi connectivity index (χ4v) is 4.20. The fourth-order valence-electron chi connectivity index (χ4n) is 4.20. The molecule has 0 amide bonds. The van der Waals surface area contributed by atoms with Gasteiger partial charge < -0.3 is 19.7 Å². The molecule has 24 heavy (non-hydrogen) atoms. The van der Waals surface area contributed by atoms with Crippen molar-refractivity contribution in [2.45, 2.75) is 57.6 Å². The molecule has 4 rings (SSSR count). The van der Waals surface area contributed by atoms with Crippen molar-refractivity contribution in [2.24, 2.45) is 0 Å². The van der Waals surface area contributed by atoms with E-state index in [1.54, 1.807) is 18.2 Å². The number of benzene rings is 1. The van der Waals surface area contributed by atoms with E-state index in [9.17, 15) is 0 Å². The molecular weight excluding hydrogens is 300 g/mol. The zero-order chi connectivity index (χ0) is 16.7. The van der Waals surface area contributed by atoms with Gasteiger partial charge in [0.2, 0.25) is 0 Å². The Hall–Kier alpha value is -1.26. The zero-order valence-electron chi connectivity index (χ0n) is 15.2. The van der Waals surface area contributed by atoms with E-state index in [4.69, 9.17) is 9.47 Å². The van der Waals surface area contributed by atoms with Gasteiger partial charge in [0.1, 0.15) is 12.4 Å². The van der Waals surface area contributed by atoms with Crippen LogP contribution in [0.15, 0.2) is 6.07 Å². The Morgan fingerprint density at radius 3 is 2.88 bits per heavy atom. The van der Waals surface area contributed by atoms with Gasteiger partial charge in [-0.15, -0.1) is 0 Å². The van der Waals surface area contributed by atoms with Crippen molar-refractivity contribution in [1.29, 1.82) is 0 Å². The number of anilines is 1. The fraction of sp³-hybridized carbons (Fsp3) is 0.700. The first-order chi connectivity index (χ1) is 11.7. The number of fused-ring (bicyclic) bond motifs is 2. The Morgan fingerprint density at radius 2 is 2.12 bits per heavy atom. The third-order valence-electron chi connectivity index (χ3n) is 5.77. The highest BCUT2D eigenvalue weighted by Crippen LogP contribution is 2.52. The summed E-state index contributed by atoms with van der Waals surface area (Å²) in [5.74, 6) is 1.85. The summed E-state index contributed by atoms with van der Waals surface area (Å²) in [5.41, 5.74) is 6.09. The van der Waals surface area contributed by atoms with Crippen LogP contribution in [0.4, 0.5) is 5.69 Å². The molecule has 1 aromatic carbocycles. The highest BCUT2D eigenvalue weighted by atomic mass is 16.5. The Kier molecular flexibility index (Phi) is 4.44. The van der Waals surface area contributed by atoms with Gasteiger partial charge in [-0.2, -0.15) is 0 Å². The number of hydrogen-bond donors (Lipinski definition) is 1. The lowest BCUT2D eigenvalue weighted by Gasteiger charge is -2.40. The Labute approximate surface area is 145 Å². The van der Waals surface area contributed by atoms with Crippen LogP contribution in [-0.4, -0.2) is 45.5 Å². The van der Waals surface area contributed by atoms with Gasteiger partial charge in [-0.3, -0.25) is 0 Å². The third-order valence-corrected chi connectivity index (χ3v) is 5.77. The van der Waals surface area contributed by atoms with Crippen LogP contribution < -0.4 is 15.0 Å². The molecule has 0 bridgehead atoms. The highest BCUT2D eigenvalue weighted by molar-refractivity contribution is 5.71. The highest BCUT2D eigenvalue weighted by Gasteiger charge is 2.37. The standard InChI is InChI=1S/C20H30N2O2/c1-13-12-24-18-10-16-6-8-21-9-7-17(16)19(15-4-5-15)20(18)22(13)11-14(2)23-3/h10,13-15,21H,4-9,11-12H2,1-3H3/t13-,14+/m1/s1. The molecule has 0 unspecified atom stereocenters. The molecule has 132 valence electrons. The summed E-state index contributed by atoms with van der Waals surface area (Å²) in [5, 5.41) is 3.56. The average Bonchev–Trinajstić information content (AvgIpc) is 3.42. The maximum absolute atomic E-state index is 6.20. The van der Waals surface area contributed by atoms with Gasteiger partial charge in [0.05, 0.1) is 17.8 Å². The van der Waals surface area contributed by atoms with Gasteiger partial charge in [0.25, 0.3) is 0 Å². The monoisotopic (exact) mass is 330 g/mol. The summed E-state index contributed by atoms with van der Waals surface area (Å²) in [4.78, 5) is 2.55. The Bertz CT molecular complexity index is 612. The van der Waals surface area contributed by atoms with E-state index in [0.29, 0.717) is 6.04 Å². The predicted molar refractivity (Wildman–Crippen MR) is 97.5 cm³/mol. The molecule has 1 saturated carbocycles. The van der Waals surface area contributed by atoms with Crippen molar-refractivity contribution >= 4 is 5.69 Å². The molecular formula is C20H30N2O2. The smallest absolute Gasteiger partial charge is 0.143 e. The van der Waals surface area contributed by atoms with Crippen LogP contribution in [0.5, 0.6) is 5.75 Å². The lowest BCUT2D eigenvalue weighted by Crippen LogP contribution is -2.45. The van der Waals surface area contributed by atoms with Crippen LogP contribution in [0.3, 0.4) is 0 Å². The van der Waals surface area contributed by atoms with E-state index in [1.165, 1.54) is 24.1 Å². The van der Waals surface area contributed by atoms with Gasteiger partial charge in [0, 0.05) is 13.7 Å². The van der Waals surface area contributed by atoms with Gasteiger partial charge in [0.15, 0.2) is 0 Å². The molecule has 4 heteroatoms. The molecule has 0 aromatic heterocycles. The van der Waals surface area contributed by atoms with Crippen LogP contribution in [0.2, 0.25) is 0 Å². The van der Waals surface area contributed by atoms with Crippen molar-refractivity contribution in [1.82, 2.24) is 5.32 Å². The maximum atomic E-state index is 6.20. The first-order valence-electron chi connectivity index (χ1n) is 9.50. The number of rotatable bonds is 4. The molecule has 0 saturated heterocycles. The first-order valence-corrected chi connectivity index (χ1v) is 9.50. The molecule has 0 spiro atoms. The number of ether oxygens (including phenoxy) is 2. The topological polar surface area (TPSA) is 33.7 Å². The van der Waals surface area contributed by atoms with E-state index in [2.05, 4.69) is 30.1 Å². The number of methoxy groups -OCH3 is 1. The van der Waals surface area contributed by atoms with Crippen molar-refractivity contribution in [3.8, 4) is 5.75 Å². The molecule has 1 aliphatic carbocycles. The second-order valence-corrected chi connectivity index (χ2v) is 7.66. The number of hydrogen-bond acceptors (Lipinski definition) is 4. The largest absolute Gasteiger partial charge is 0.489 e. The quantitative estimate of drug-likeness (QED) is 0.920. The summed E-state index contributed by atoms with van der Waals surface area (Å²) in [6.45, 7) is 8.31. The van der Waals surface area contributed by atoms with Crippen LogP contribution in [0.1, 0.15) is 49.3 Å². The molecule has 1 fully saturated rings. The summed E-state index contributed by atoms with van der Waals surface area (Å²) in [7, 11) is 1.81.